The number of amides is 1. The standard InChI is InChI=1S/C25H38N4O3/c1-3-4-5-6-7-15-29-16-12-22(23(24(26)30)25(29)31)28-14-11-18-10-13-27-21-9-8-19(32-2)17-20(18)21/h8-10,13,17,22-23,25,28,31H,3-7,11-12,14-16H2,1-2H3,(H2,26,30)/t22-,23+,25+/m0/s1. The van der Waals surface area contributed by atoms with Gasteiger partial charge in [-0.2, -0.15) is 0 Å². The van der Waals surface area contributed by atoms with Gasteiger partial charge in [0, 0.05) is 30.7 Å². The fourth-order valence-corrected chi connectivity index (χ4v) is 4.71. The molecule has 0 radical (unpaired) electrons. The number of carbonyl (C=O) groups excluding carboxylic acids is 1. The molecule has 1 amide bonds. The van der Waals surface area contributed by atoms with Gasteiger partial charge in [0.2, 0.25) is 5.91 Å². The van der Waals surface area contributed by atoms with Gasteiger partial charge in [0.1, 0.15) is 12.0 Å². The Morgan fingerprint density at radius 1 is 1.28 bits per heavy atom. The van der Waals surface area contributed by atoms with Crippen LogP contribution < -0.4 is 15.8 Å². The Hall–Kier alpha value is -2.22. The van der Waals surface area contributed by atoms with Gasteiger partial charge in [-0.1, -0.05) is 32.6 Å². The van der Waals surface area contributed by atoms with E-state index < -0.39 is 18.1 Å². The molecular formula is C25H38N4O3. The van der Waals surface area contributed by atoms with E-state index in [1.807, 2.05) is 35.4 Å². The van der Waals surface area contributed by atoms with Gasteiger partial charge in [-0.05, 0) is 55.6 Å². The summed E-state index contributed by atoms with van der Waals surface area (Å²) in [6.07, 6.45) is 8.46. The maximum atomic E-state index is 12.2. The third-order valence-electron chi connectivity index (χ3n) is 6.57. The van der Waals surface area contributed by atoms with Crippen LogP contribution in [0.15, 0.2) is 30.5 Å². The monoisotopic (exact) mass is 442 g/mol. The largest absolute Gasteiger partial charge is 0.497 e. The molecule has 0 aliphatic carbocycles. The van der Waals surface area contributed by atoms with Gasteiger partial charge in [0.05, 0.1) is 18.5 Å². The number of carbonyl (C=O) groups is 1. The van der Waals surface area contributed by atoms with E-state index in [2.05, 4.69) is 17.2 Å². The van der Waals surface area contributed by atoms with Crippen molar-refractivity contribution in [3.05, 3.63) is 36.0 Å². The highest BCUT2D eigenvalue weighted by atomic mass is 16.5. The van der Waals surface area contributed by atoms with Gasteiger partial charge in [-0.3, -0.25) is 14.7 Å². The Balaban J connectivity index is 1.57. The Morgan fingerprint density at radius 3 is 2.84 bits per heavy atom. The molecule has 3 rings (SSSR count). The second-order valence-electron chi connectivity index (χ2n) is 8.74. The Kier molecular flexibility index (Phi) is 9.26. The summed E-state index contributed by atoms with van der Waals surface area (Å²) >= 11 is 0. The Morgan fingerprint density at radius 2 is 2.09 bits per heavy atom. The number of hydrogen-bond acceptors (Lipinski definition) is 6. The number of primary amides is 1. The van der Waals surface area contributed by atoms with E-state index in [1.165, 1.54) is 24.8 Å². The van der Waals surface area contributed by atoms with Gasteiger partial charge in [-0.15, -0.1) is 0 Å². The first-order valence-electron chi connectivity index (χ1n) is 11.9. The highest BCUT2D eigenvalue weighted by Crippen LogP contribution is 2.25. The molecule has 7 nitrogen and oxygen atoms in total. The van der Waals surface area contributed by atoms with Crippen LogP contribution in [0.4, 0.5) is 0 Å². The number of nitrogens with zero attached hydrogens (tertiary/aromatic N) is 2. The summed E-state index contributed by atoms with van der Waals surface area (Å²) in [4.78, 5) is 18.6. The molecule has 1 aliphatic rings. The number of methoxy groups -OCH3 is 1. The lowest BCUT2D eigenvalue weighted by Crippen LogP contribution is -2.59. The van der Waals surface area contributed by atoms with Crippen molar-refractivity contribution in [2.24, 2.45) is 11.7 Å². The summed E-state index contributed by atoms with van der Waals surface area (Å²) in [5, 5.41) is 15.4. The van der Waals surface area contributed by atoms with Gasteiger partial charge in [0.15, 0.2) is 0 Å². The topological polar surface area (TPSA) is 101 Å². The first-order chi connectivity index (χ1) is 15.5. The molecule has 176 valence electrons. The molecule has 1 fully saturated rings. The van der Waals surface area contributed by atoms with Crippen LogP contribution >= 0.6 is 0 Å². The van der Waals surface area contributed by atoms with Crippen molar-refractivity contribution in [2.75, 3.05) is 26.7 Å². The number of nitrogens with two attached hydrogens (primary N) is 1. The first kappa shape index (κ1) is 24.4. The molecule has 1 saturated heterocycles. The zero-order valence-electron chi connectivity index (χ0n) is 19.4. The second-order valence-corrected chi connectivity index (χ2v) is 8.74. The number of piperidine rings is 1. The molecule has 0 unspecified atom stereocenters. The van der Waals surface area contributed by atoms with Crippen molar-refractivity contribution in [1.82, 2.24) is 15.2 Å². The summed E-state index contributed by atoms with van der Waals surface area (Å²) < 4.78 is 5.36. The first-order valence-corrected chi connectivity index (χ1v) is 11.9. The minimum Gasteiger partial charge on any atom is -0.497 e. The highest BCUT2D eigenvalue weighted by molar-refractivity contribution is 5.83. The number of hydrogen-bond donors (Lipinski definition) is 3. The third kappa shape index (κ3) is 6.18. The molecule has 1 aromatic carbocycles. The molecule has 1 aromatic heterocycles. The zero-order chi connectivity index (χ0) is 22.9. The lowest BCUT2D eigenvalue weighted by atomic mass is 9.89. The second kappa shape index (κ2) is 12.1. The third-order valence-corrected chi connectivity index (χ3v) is 6.57. The van der Waals surface area contributed by atoms with Crippen LogP contribution in [-0.4, -0.2) is 59.9 Å². The predicted octanol–water partition coefficient (Wildman–Crippen LogP) is 2.84. The van der Waals surface area contributed by atoms with E-state index in [1.54, 1.807) is 7.11 Å². The van der Waals surface area contributed by atoms with Gasteiger partial charge in [0.25, 0.3) is 0 Å². The quantitative estimate of drug-likeness (QED) is 0.437. The normalized spacial score (nSPS) is 21.7. The average molecular weight is 443 g/mol. The van der Waals surface area contributed by atoms with Crippen molar-refractivity contribution in [3.63, 3.8) is 0 Å². The molecular weight excluding hydrogens is 404 g/mol. The predicted molar refractivity (Wildman–Crippen MR) is 127 cm³/mol. The van der Waals surface area contributed by atoms with E-state index in [0.717, 1.165) is 55.4 Å². The summed E-state index contributed by atoms with van der Waals surface area (Å²) in [5.74, 6) is -0.239. The van der Waals surface area contributed by atoms with Crippen LogP contribution in [0.2, 0.25) is 0 Å². The summed E-state index contributed by atoms with van der Waals surface area (Å²) in [7, 11) is 1.66. The van der Waals surface area contributed by atoms with Crippen LogP contribution in [0.5, 0.6) is 5.75 Å². The van der Waals surface area contributed by atoms with Gasteiger partial charge in [-0.25, -0.2) is 0 Å². The molecule has 2 heterocycles. The van der Waals surface area contributed by atoms with E-state index in [0.29, 0.717) is 6.54 Å². The molecule has 7 heteroatoms. The van der Waals surface area contributed by atoms with Crippen molar-refractivity contribution < 1.29 is 14.6 Å². The van der Waals surface area contributed by atoms with Crippen molar-refractivity contribution in [1.29, 1.82) is 0 Å². The number of aliphatic hydroxyl groups is 1. The molecule has 0 saturated carbocycles. The Labute approximate surface area is 191 Å². The number of rotatable bonds is 12. The number of fused-ring (bicyclic) bond motifs is 1. The number of aliphatic hydroxyl groups excluding tert-OH is 1. The number of nitrogens with one attached hydrogen (secondary N) is 1. The van der Waals surface area contributed by atoms with E-state index in [-0.39, 0.29) is 6.04 Å². The molecule has 0 spiro atoms. The van der Waals surface area contributed by atoms with Crippen LogP contribution in [0.3, 0.4) is 0 Å². The number of likely N-dealkylation sites (tertiary alicyclic amines) is 1. The smallest absolute Gasteiger partial charge is 0.226 e. The van der Waals surface area contributed by atoms with Crippen molar-refractivity contribution in [3.8, 4) is 5.75 Å². The highest BCUT2D eigenvalue weighted by Gasteiger charge is 2.40. The lowest BCUT2D eigenvalue weighted by molar-refractivity contribution is -0.139. The van der Waals surface area contributed by atoms with Crippen LogP contribution in [0.25, 0.3) is 10.9 Å². The number of ether oxygens (including phenoxy) is 1. The number of unbranched alkanes of at least 4 members (excludes halogenated alkanes) is 4. The molecule has 2 aromatic rings. The maximum absolute atomic E-state index is 12.2. The zero-order valence-corrected chi connectivity index (χ0v) is 19.4. The van der Waals surface area contributed by atoms with Gasteiger partial charge >= 0.3 is 0 Å². The summed E-state index contributed by atoms with van der Waals surface area (Å²) in [6, 6.07) is 7.77. The number of aromatic nitrogens is 1. The fourth-order valence-electron chi connectivity index (χ4n) is 4.71. The van der Waals surface area contributed by atoms with Crippen LogP contribution in [0, 0.1) is 5.92 Å². The fraction of sp³-hybridized carbons (Fsp3) is 0.600. The molecule has 1 aliphatic heterocycles. The minimum atomic E-state index is -0.823. The number of pyridine rings is 1. The Bertz CT molecular complexity index is 875. The number of benzene rings is 1. The lowest BCUT2D eigenvalue weighted by Gasteiger charge is -2.41. The van der Waals surface area contributed by atoms with Crippen molar-refractivity contribution in [2.45, 2.75) is 64.1 Å². The van der Waals surface area contributed by atoms with Crippen LogP contribution in [-0.2, 0) is 11.2 Å². The van der Waals surface area contributed by atoms with E-state index >= 15 is 0 Å². The minimum absolute atomic E-state index is 0.124. The van der Waals surface area contributed by atoms with E-state index in [9.17, 15) is 9.90 Å². The molecule has 32 heavy (non-hydrogen) atoms. The average Bonchev–Trinajstić information content (AvgIpc) is 2.79. The molecule has 3 atom stereocenters. The summed E-state index contributed by atoms with van der Waals surface area (Å²) in [5.41, 5.74) is 7.81. The van der Waals surface area contributed by atoms with E-state index in [4.69, 9.17) is 10.5 Å². The molecule has 0 bridgehead atoms. The van der Waals surface area contributed by atoms with Crippen LogP contribution in [0.1, 0.15) is 51.0 Å². The van der Waals surface area contributed by atoms with Gasteiger partial charge < -0.3 is 20.9 Å². The van der Waals surface area contributed by atoms with Crippen molar-refractivity contribution >= 4 is 16.8 Å². The SMILES string of the molecule is CCCCCCCN1CC[C@H](NCCc2ccnc3ccc(OC)cc23)[C@H](C(N)=O)[C@H]1O. The summed E-state index contributed by atoms with van der Waals surface area (Å²) in [6.45, 7) is 4.47. The molecule has 4 N–H and O–H groups in total. The maximum Gasteiger partial charge on any atom is 0.226 e.